The fourth-order valence-electron chi connectivity index (χ4n) is 2.34. The van der Waals surface area contributed by atoms with Crippen LogP contribution >= 0.6 is 0 Å². The number of anilines is 2. The summed E-state index contributed by atoms with van der Waals surface area (Å²) in [4.78, 5) is 8.70. The van der Waals surface area contributed by atoms with E-state index in [0.717, 1.165) is 38.4 Å². The number of hydrogen-bond donors (Lipinski definition) is 2. The molecule has 21 heavy (non-hydrogen) atoms. The Hall–Kier alpha value is -2.14. The number of aromatic nitrogens is 2. The molecule has 1 unspecified atom stereocenters. The summed E-state index contributed by atoms with van der Waals surface area (Å²) in [6.45, 7) is 2.39. The summed E-state index contributed by atoms with van der Waals surface area (Å²) in [5, 5.41) is 6.54. The molecule has 1 aliphatic heterocycles. The molecule has 1 fully saturated rings. The maximum absolute atomic E-state index is 5.59. The third-order valence-electron chi connectivity index (χ3n) is 3.48. The zero-order valence-electron chi connectivity index (χ0n) is 12.0. The van der Waals surface area contributed by atoms with Crippen molar-refractivity contribution in [1.82, 2.24) is 9.97 Å². The van der Waals surface area contributed by atoms with Crippen LogP contribution in [0.2, 0.25) is 0 Å². The van der Waals surface area contributed by atoms with Crippen LogP contribution in [0.25, 0.3) is 0 Å². The van der Waals surface area contributed by atoms with Crippen molar-refractivity contribution in [2.24, 2.45) is 0 Å². The van der Waals surface area contributed by atoms with Crippen molar-refractivity contribution in [3.8, 4) is 0 Å². The molecule has 0 amide bonds. The smallest absolute Gasteiger partial charge is 0.224 e. The molecule has 1 aromatic carbocycles. The van der Waals surface area contributed by atoms with Gasteiger partial charge in [0.15, 0.2) is 0 Å². The van der Waals surface area contributed by atoms with E-state index in [1.54, 1.807) is 6.20 Å². The van der Waals surface area contributed by atoms with Crippen LogP contribution in [0.1, 0.15) is 18.4 Å². The van der Waals surface area contributed by atoms with E-state index < -0.39 is 0 Å². The third kappa shape index (κ3) is 4.16. The number of rotatable bonds is 6. The molecule has 5 nitrogen and oxygen atoms in total. The van der Waals surface area contributed by atoms with Gasteiger partial charge in [0, 0.05) is 25.9 Å². The van der Waals surface area contributed by atoms with Gasteiger partial charge in [-0.25, -0.2) is 4.98 Å². The molecule has 110 valence electrons. The summed E-state index contributed by atoms with van der Waals surface area (Å²) >= 11 is 0. The molecule has 1 atom stereocenters. The minimum atomic E-state index is 0.306. The predicted octanol–water partition coefficient (Wildman–Crippen LogP) is 2.68. The van der Waals surface area contributed by atoms with Crippen LogP contribution < -0.4 is 10.6 Å². The molecule has 0 spiro atoms. The van der Waals surface area contributed by atoms with E-state index in [-0.39, 0.29) is 0 Å². The van der Waals surface area contributed by atoms with Crippen molar-refractivity contribution in [3.63, 3.8) is 0 Å². The zero-order valence-corrected chi connectivity index (χ0v) is 12.0. The Bertz CT molecular complexity index is 555. The molecule has 1 aliphatic rings. The molecule has 2 N–H and O–H groups in total. The van der Waals surface area contributed by atoms with E-state index in [0.29, 0.717) is 12.1 Å². The van der Waals surface area contributed by atoms with Crippen LogP contribution in [0.4, 0.5) is 11.8 Å². The van der Waals surface area contributed by atoms with Gasteiger partial charge in [0.2, 0.25) is 5.95 Å². The van der Waals surface area contributed by atoms with E-state index in [4.69, 9.17) is 4.74 Å². The first kappa shape index (κ1) is 13.8. The molecule has 1 saturated heterocycles. The summed E-state index contributed by atoms with van der Waals surface area (Å²) in [6.07, 6.45) is 4.34. The first-order chi connectivity index (χ1) is 10.4. The summed E-state index contributed by atoms with van der Waals surface area (Å²) in [6, 6.07) is 12.1. The Kier molecular flexibility index (Phi) is 4.63. The van der Waals surface area contributed by atoms with Gasteiger partial charge in [-0.3, -0.25) is 0 Å². The summed E-state index contributed by atoms with van der Waals surface area (Å²) in [5.41, 5.74) is 1.21. The summed E-state index contributed by atoms with van der Waals surface area (Å²) in [7, 11) is 0. The summed E-state index contributed by atoms with van der Waals surface area (Å²) < 4.78 is 5.59. The van der Waals surface area contributed by atoms with Crippen molar-refractivity contribution in [3.05, 3.63) is 48.2 Å². The molecule has 0 aliphatic carbocycles. The maximum Gasteiger partial charge on any atom is 0.224 e. The number of benzene rings is 1. The lowest BCUT2D eigenvalue weighted by molar-refractivity contribution is 0.120. The Morgan fingerprint density at radius 3 is 2.86 bits per heavy atom. The van der Waals surface area contributed by atoms with E-state index >= 15 is 0 Å². The molecule has 3 rings (SSSR count). The average molecular weight is 284 g/mol. The molecule has 5 heteroatoms. The number of nitrogens with zero attached hydrogens (tertiary/aromatic N) is 2. The molecule has 0 bridgehead atoms. The Balaban J connectivity index is 1.52. The number of nitrogens with one attached hydrogen (secondary N) is 2. The standard InChI is InChI=1S/C16H20N4O/c1-2-5-13(6-3-1)11-19-16-17-9-8-15(20-16)18-12-14-7-4-10-21-14/h1-3,5-6,8-9,14H,4,7,10-12H2,(H2,17,18,19,20). The van der Waals surface area contributed by atoms with Gasteiger partial charge in [-0.15, -0.1) is 0 Å². The zero-order chi connectivity index (χ0) is 14.3. The van der Waals surface area contributed by atoms with Crippen molar-refractivity contribution < 1.29 is 4.74 Å². The van der Waals surface area contributed by atoms with Gasteiger partial charge in [0.25, 0.3) is 0 Å². The molecule has 2 aromatic rings. The van der Waals surface area contributed by atoms with Crippen LogP contribution in [-0.2, 0) is 11.3 Å². The van der Waals surface area contributed by atoms with Gasteiger partial charge in [-0.2, -0.15) is 4.98 Å². The highest BCUT2D eigenvalue weighted by Gasteiger charge is 2.14. The van der Waals surface area contributed by atoms with Gasteiger partial charge < -0.3 is 15.4 Å². The molecule has 0 radical (unpaired) electrons. The molecule has 0 saturated carbocycles. The second-order valence-electron chi connectivity index (χ2n) is 5.12. The fourth-order valence-corrected chi connectivity index (χ4v) is 2.34. The molecule has 1 aromatic heterocycles. The predicted molar refractivity (Wildman–Crippen MR) is 83.3 cm³/mol. The van der Waals surface area contributed by atoms with Crippen molar-refractivity contribution in [1.29, 1.82) is 0 Å². The Labute approximate surface area is 124 Å². The van der Waals surface area contributed by atoms with Gasteiger partial charge >= 0.3 is 0 Å². The second kappa shape index (κ2) is 7.04. The minimum Gasteiger partial charge on any atom is -0.376 e. The van der Waals surface area contributed by atoms with Crippen LogP contribution in [0.3, 0.4) is 0 Å². The van der Waals surface area contributed by atoms with Crippen LogP contribution in [0, 0.1) is 0 Å². The lowest BCUT2D eigenvalue weighted by Crippen LogP contribution is -2.19. The van der Waals surface area contributed by atoms with Gasteiger partial charge in [0.1, 0.15) is 5.82 Å². The largest absolute Gasteiger partial charge is 0.376 e. The maximum atomic E-state index is 5.59. The first-order valence-electron chi connectivity index (χ1n) is 7.36. The normalized spacial score (nSPS) is 17.6. The monoisotopic (exact) mass is 284 g/mol. The van der Waals surface area contributed by atoms with Crippen LogP contribution in [-0.4, -0.2) is 29.2 Å². The minimum absolute atomic E-state index is 0.306. The lowest BCUT2D eigenvalue weighted by atomic mass is 10.2. The van der Waals surface area contributed by atoms with Gasteiger partial charge in [-0.05, 0) is 24.5 Å². The highest BCUT2D eigenvalue weighted by molar-refractivity contribution is 5.40. The van der Waals surface area contributed by atoms with Crippen molar-refractivity contribution in [2.75, 3.05) is 23.8 Å². The number of ether oxygens (including phenoxy) is 1. The summed E-state index contributed by atoms with van der Waals surface area (Å²) in [5.74, 6) is 1.47. The van der Waals surface area contributed by atoms with Gasteiger partial charge in [0.05, 0.1) is 6.10 Å². The quantitative estimate of drug-likeness (QED) is 0.854. The molecular formula is C16H20N4O. The topological polar surface area (TPSA) is 59.1 Å². The van der Waals surface area contributed by atoms with Gasteiger partial charge in [-0.1, -0.05) is 30.3 Å². The molecular weight excluding hydrogens is 264 g/mol. The number of hydrogen-bond acceptors (Lipinski definition) is 5. The van der Waals surface area contributed by atoms with E-state index in [1.807, 2.05) is 24.3 Å². The Morgan fingerprint density at radius 1 is 1.14 bits per heavy atom. The Morgan fingerprint density at radius 2 is 2.05 bits per heavy atom. The van der Waals surface area contributed by atoms with Crippen LogP contribution in [0.15, 0.2) is 42.6 Å². The van der Waals surface area contributed by atoms with E-state index in [9.17, 15) is 0 Å². The first-order valence-corrected chi connectivity index (χ1v) is 7.36. The van der Waals surface area contributed by atoms with Crippen molar-refractivity contribution in [2.45, 2.75) is 25.5 Å². The highest BCUT2D eigenvalue weighted by Crippen LogP contribution is 2.13. The van der Waals surface area contributed by atoms with Crippen molar-refractivity contribution >= 4 is 11.8 Å². The second-order valence-corrected chi connectivity index (χ2v) is 5.12. The molecule has 2 heterocycles. The average Bonchev–Trinajstić information content (AvgIpc) is 3.06. The SMILES string of the molecule is c1ccc(CNc2nccc(NCC3CCCO3)n2)cc1. The third-order valence-corrected chi connectivity index (χ3v) is 3.48. The van der Waals surface area contributed by atoms with E-state index in [1.165, 1.54) is 5.56 Å². The highest BCUT2D eigenvalue weighted by atomic mass is 16.5. The van der Waals surface area contributed by atoms with E-state index in [2.05, 4.69) is 32.7 Å². The lowest BCUT2D eigenvalue weighted by Gasteiger charge is -2.12. The van der Waals surface area contributed by atoms with Crippen LogP contribution in [0.5, 0.6) is 0 Å². The fraction of sp³-hybridized carbons (Fsp3) is 0.375.